The molecule has 7 heteroatoms. The van der Waals surface area contributed by atoms with Gasteiger partial charge in [-0.15, -0.1) is 0 Å². The van der Waals surface area contributed by atoms with Crippen LogP contribution < -0.4 is 5.32 Å². The van der Waals surface area contributed by atoms with Crippen LogP contribution in [0.4, 0.5) is 19.0 Å². The molecule has 1 aliphatic rings. The minimum atomic E-state index is -4.40. The fourth-order valence-electron chi connectivity index (χ4n) is 2.20. The van der Waals surface area contributed by atoms with Crippen molar-refractivity contribution in [3.8, 4) is 0 Å². The second-order valence-corrected chi connectivity index (χ2v) is 4.45. The van der Waals surface area contributed by atoms with E-state index in [1.165, 1.54) is 4.68 Å². The molecule has 2 aromatic heterocycles. The molecule has 2 aromatic rings. The summed E-state index contributed by atoms with van der Waals surface area (Å²) in [7, 11) is 0. The molecule has 1 N–H and O–H groups in total. The van der Waals surface area contributed by atoms with E-state index < -0.39 is 11.9 Å². The lowest BCUT2D eigenvalue weighted by molar-refractivity contribution is -0.141. The Morgan fingerprint density at radius 2 is 2.00 bits per heavy atom. The lowest BCUT2D eigenvalue weighted by atomic mass is 9.99. The van der Waals surface area contributed by atoms with Crippen LogP contribution in [0.25, 0.3) is 0 Å². The maximum Gasteiger partial charge on any atom is 0.435 e. The first kappa shape index (κ1) is 12.0. The Balaban J connectivity index is 1.86. The van der Waals surface area contributed by atoms with Gasteiger partial charge in [0.1, 0.15) is 5.82 Å². The summed E-state index contributed by atoms with van der Waals surface area (Å²) in [6.45, 7) is 1.02. The highest BCUT2D eigenvalue weighted by atomic mass is 19.4. The van der Waals surface area contributed by atoms with Gasteiger partial charge in [-0.05, 0) is 17.7 Å². The number of nitrogens with zero attached hydrogens (tertiary/aromatic N) is 3. The number of pyridine rings is 1. The normalized spacial score (nSPS) is 18.8. The molecule has 0 saturated carbocycles. The zero-order valence-corrected chi connectivity index (χ0v) is 9.85. The van der Waals surface area contributed by atoms with Gasteiger partial charge in [-0.2, -0.15) is 18.3 Å². The van der Waals surface area contributed by atoms with Crippen molar-refractivity contribution in [1.82, 2.24) is 14.8 Å². The fourth-order valence-corrected chi connectivity index (χ4v) is 2.20. The maximum atomic E-state index is 12.6. The van der Waals surface area contributed by atoms with Crippen LogP contribution in [-0.4, -0.2) is 21.3 Å². The van der Waals surface area contributed by atoms with Crippen molar-refractivity contribution in [3.05, 3.63) is 41.9 Å². The first-order valence-electron chi connectivity index (χ1n) is 5.83. The lowest BCUT2D eigenvalue weighted by Gasteiger charge is -2.24. The van der Waals surface area contributed by atoms with Crippen LogP contribution in [0.2, 0.25) is 0 Å². The van der Waals surface area contributed by atoms with Crippen LogP contribution in [0.1, 0.15) is 17.2 Å². The Bertz CT molecular complexity index is 576. The molecule has 1 aliphatic heterocycles. The van der Waals surface area contributed by atoms with E-state index in [9.17, 15) is 13.2 Å². The van der Waals surface area contributed by atoms with Crippen LogP contribution >= 0.6 is 0 Å². The minimum absolute atomic E-state index is 0.0940. The van der Waals surface area contributed by atoms with Crippen LogP contribution in [0.3, 0.4) is 0 Å². The highest BCUT2D eigenvalue weighted by molar-refractivity contribution is 5.41. The van der Waals surface area contributed by atoms with E-state index in [1.807, 2.05) is 12.1 Å². The molecule has 0 bridgehead atoms. The Hall–Kier alpha value is -2.05. The van der Waals surface area contributed by atoms with Crippen LogP contribution in [-0.2, 0) is 12.7 Å². The number of halogens is 3. The number of nitrogens with one attached hydrogen (secondary N) is 1. The molecule has 0 saturated heterocycles. The predicted molar refractivity (Wildman–Crippen MR) is 62.7 cm³/mol. The number of alkyl halides is 3. The predicted octanol–water partition coefficient (Wildman–Crippen LogP) is 2.51. The molecular weight excluding hydrogens is 257 g/mol. The minimum Gasteiger partial charge on any atom is -0.370 e. The molecule has 0 fully saturated rings. The number of rotatable bonds is 1. The van der Waals surface area contributed by atoms with E-state index >= 15 is 0 Å². The molecule has 19 heavy (non-hydrogen) atoms. The second-order valence-electron chi connectivity index (χ2n) is 4.45. The van der Waals surface area contributed by atoms with Crippen LogP contribution in [0.15, 0.2) is 30.6 Å². The third-order valence-electron chi connectivity index (χ3n) is 3.17. The van der Waals surface area contributed by atoms with Gasteiger partial charge in [-0.25, -0.2) is 4.68 Å². The van der Waals surface area contributed by atoms with E-state index in [2.05, 4.69) is 15.4 Å². The highest BCUT2D eigenvalue weighted by Crippen LogP contribution is 2.32. The van der Waals surface area contributed by atoms with E-state index in [4.69, 9.17) is 0 Å². The highest BCUT2D eigenvalue weighted by Gasteiger charge is 2.36. The molecule has 0 aliphatic carbocycles. The Kier molecular flexibility index (Phi) is 2.69. The summed E-state index contributed by atoms with van der Waals surface area (Å²) in [5.41, 5.74) is 0.183. The van der Waals surface area contributed by atoms with E-state index in [0.717, 1.165) is 11.6 Å². The van der Waals surface area contributed by atoms with Gasteiger partial charge in [-0.3, -0.25) is 4.98 Å². The van der Waals surface area contributed by atoms with Gasteiger partial charge in [0.15, 0.2) is 5.69 Å². The summed E-state index contributed by atoms with van der Waals surface area (Å²) < 4.78 is 39.1. The van der Waals surface area contributed by atoms with Gasteiger partial charge < -0.3 is 5.32 Å². The molecule has 0 amide bonds. The lowest BCUT2D eigenvalue weighted by Crippen LogP contribution is -2.26. The first-order chi connectivity index (χ1) is 9.04. The third-order valence-corrected chi connectivity index (χ3v) is 3.17. The van der Waals surface area contributed by atoms with Gasteiger partial charge in [-0.1, -0.05) is 0 Å². The number of aromatic nitrogens is 3. The van der Waals surface area contributed by atoms with Crippen molar-refractivity contribution in [2.24, 2.45) is 0 Å². The summed E-state index contributed by atoms with van der Waals surface area (Å²) in [6.07, 6.45) is -1.05. The zero-order chi connectivity index (χ0) is 13.5. The quantitative estimate of drug-likeness (QED) is 0.864. The van der Waals surface area contributed by atoms with Crippen molar-refractivity contribution >= 4 is 5.82 Å². The Morgan fingerprint density at radius 3 is 2.68 bits per heavy atom. The van der Waals surface area contributed by atoms with Crippen LogP contribution in [0.5, 0.6) is 0 Å². The number of hydrogen-bond acceptors (Lipinski definition) is 3. The molecule has 1 unspecified atom stereocenters. The van der Waals surface area contributed by atoms with Crippen molar-refractivity contribution in [2.75, 3.05) is 11.9 Å². The average Bonchev–Trinajstić information content (AvgIpc) is 2.82. The monoisotopic (exact) mass is 268 g/mol. The Morgan fingerprint density at radius 1 is 1.26 bits per heavy atom. The van der Waals surface area contributed by atoms with Crippen molar-refractivity contribution in [1.29, 1.82) is 0 Å². The van der Waals surface area contributed by atoms with Gasteiger partial charge >= 0.3 is 6.18 Å². The Labute approximate surface area is 107 Å². The number of hydrogen-bond donors (Lipinski definition) is 1. The number of anilines is 1. The smallest absolute Gasteiger partial charge is 0.370 e. The van der Waals surface area contributed by atoms with Crippen molar-refractivity contribution < 1.29 is 13.2 Å². The molecule has 0 aromatic carbocycles. The molecule has 1 atom stereocenters. The third kappa shape index (κ3) is 2.27. The summed E-state index contributed by atoms with van der Waals surface area (Å²) in [6, 6.07) is 4.78. The molecule has 0 spiro atoms. The van der Waals surface area contributed by atoms with Crippen molar-refractivity contribution in [3.63, 3.8) is 0 Å². The zero-order valence-electron chi connectivity index (χ0n) is 9.85. The molecule has 3 heterocycles. The standard InChI is InChI=1S/C12H11F3N4/c13-12(14,15)10-5-11-17-6-9(7-19(11)18-10)8-1-3-16-4-2-8/h1-5,9,17H,6-7H2. The molecule has 0 radical (unpaired) electrons. The molecule has 100 valence electrons. The summed E-state index contributed by atoms with van der Waals surface area (Å²) >= 11 is 0. The van der Waals surface area contributed by atoms with Gasteiger partial charge in [0.05, 0.1) is 6.54 Å². The molecular formula is C12H11F3N4. The topological polar surface area (TPSA) is 42.7 Å². The summed E-state index contributed by atoms with van der Waals surface area (Å²) in [5.74, 6) is 0.508. The maximum absolute atomic E-state index is 12.6. The average molecular weight is 268 g/mol. The van der Waals surface area contributed by atoms with E-state index in [1.54, 1.807) is 12.4 Å². The largest absolute Gasteiger partial charge is 0.435 e. The van der Waals surface area contributed by atoms with Gasteiger partial charge in [0.2, 0.25) is 0 Å². The number of fused-ring (bicyclic) bond motifs is 1. The SMILES string of the molecule is FC(F)(F)c1cc2n(n1)CC(c1ccncc1)CN2. The van der Waals surface area contributed by atoms with Crippen LogP contribution in [0, 0.1) is 0 Å². The second kappa shape index (κ2) is 4.25. The van der Waals surface area contributed by atoms with Crippen molar-refractivity contribution in [2.45, 2.75) is 18.6 Å². The van der Waals surface area contributed by atoms with E-state index in [-0.39, 0.29) is 5.92 Å². The van der Waals surface area contributed by atoms with E-state index in [0.29, 0.717) is 18.9 Å². The summed E-state index contributed by atoms with van der Waals surface area (Å²) in [5, 5.41) is 6.60. The molecule has 4 nitrogen and oxygen atoms in total. The van der Waals surface area contributed by atoms with Gasteiger partial charge in [0.25, 0.3) is 0 Å². The summed E-state index contributed by atoms with van der Waals surface area (Å²) in [4.78, 5) is 3.93. The first-order valence-corrected chi connectivity index (χ1v) is 5.83. The molecule has 3 rings (SSSR count). The van der Waals surface area contributed by atoms with Gasteiger partial charge in [0, 0.05) is 30.9 Å². The fraction of sp³-hybridized carbons (Fsp3) is 0.333.